The Morgan fingerprint density at radius 3 is 2.70 bits per heavy atom. The SMILES string of the molecule is C#CCCC=C(F)COC(=O)C1C(C=C(F)Cl)C1(C)C. The number of rotatable bonds is 6. The molecule has 2 atom stereocenters. The van der Waals surface area contributed by atoms with E-state index in [4.69, 9.17) is 22.8 Å². The quantitative estimate of drug-likeness (QED) is 0.419. The normalized spacial score (nSPS) is 25.0. The third-order valence-electron chi connectivity index (χ3n) is 3.48. The molecule has 0 spiro atoms. The van der Waals surface area contributed by atoms with Crippen LogP contribution >= 0.6 is 11.6 Å². The molecule has 110 valence electrons. The lowest BCUT2D eigenvalue weighted by atomic mass is 10.1. The van der Waals surface area contributed by atoms with E-state index in [2.05, 4.69) is 5.92 Å². The number of allylic oxidation sites excluding steroid dienone is 2. The smallest absolute Gasteiger partial charge is 0.310 e. The van der Waals surface area contributed by atoms with Crippen LogP contribution in [0.5, 0.6) is 0 Å². The number of hydrogen-bond acceptors (Lipinski definition) is 2. The molecule has 0 aromatic carbocycles. The monoisotopic (exact) mass is 302 g/mol. The Morgan fingerprint density at radius 2 is 2.15 bits per heavy atom. The molecule has 0 aromatic rings. The van der Waals surface area contributed by atoms with E-state index in [-0.39, 0.29) is 5.92 Å². The summed E-state index contributed by atoms with van der Waals surface area (Å²) in [5, 5.41) is -0.848. The van der Waals surface area contributed by atoms with Gasteiger partial charge >= 0.3 is 5.97 Å². The van der Waals surface area contributed by atoms with Crippen LogP contribution in [0, 0.1) is 29.6 Å². The van der Waals surface area contributed by atoms with E-state index < -0.39 is 35.0 Å². The molecule has 1 saturated carbocycles. The van der Waals surface area contributed by atoms with Gasteiger partial charge in [-0.2, -0.15) is 4.39 Å². The van der Waals surface area contributed by atoms with Crippen LogP contribution < -0.4 is 0 Å². The molecule has 0 heterocycles. The summed E-state index contributed by atoms with van der Waals surface area (Å²) in [6.45, 7) is 3.19. The van der Waals surface area contributed by atoms with Gasteiger partial charge in [-0.05, 0) is 24.0 Å². The molecule has 0 amide bonds. The molecule has 0 radical (unpaired) electrons. The maximum Gasteiger partial charge on any atom is 0.310 e. The Kier molecular flexibility index (Phi) is 5.76. The Hall–Kier alpha value is -1.34. The van der Waals surface area contributed by atoms with E-state index in [0.717, 1.165) is 0 Å². The van der Waals surface area contributed by atoms with Gasteiger partial charge < -0.3 is 4.74 Å². The van der Waals surface area contributed by atoms with Crippen LogP contribution in [0.2, 0.25) is 0 Å². The van der Waals surface area contributed by atoms with Gasteiger partial charge in [0.1, 0.15) is 12.4 Å². The van der Waals surface area contributed by atoms with Crippen LogP contribution in [0.4, 0.5) is 8.78 Å². The lowest BCUT2D eigenvalue weighted by molar-refractivity contribution is -0.145. The minimum Gasteiger partial charge on any atom is -0.458 e. The lowest BCUT2D eigenvalue weighted by Crippen LogP contribution is -2.12. The zero-order chi connectivity index (χ0) is 15.3. The summed E-state index contributed by atoms with van der Waals surface area (Å²) in [5.74, 6) is 0.478. The number of unbranched alkanes of at least 4 members (excludes halogenated alkanes) is 1. The van der Waals surface area contributed by atoms with E-state index in [1.165, 1.54) is 12.2 Å². The first-order valence-electron chi connectivity index (χ1n) is 6.28. The number of hydrogen-bond donors (Lipinski definition) is 0. The minimum absolute atomic E-state index is 0.319. The first-order chi connectivity index (χ1) is 9.30. The number of esters is 1. The molecule has 0 N–H and O–H groups in total. The van der Waals surface area contributed by atoms with Crippen molar-refractivity contribution in [1.29, 1.82) is 0 Å². The molecule has 2 unspecified atom stereocenters. The standard InChI is InChI=1S/C15H17ClF2O2/c1-4-5-6-7-10(17)9-20-14(19)13-11(8-12(16)18)15(13,2)3/h1,7-8,11,13H,5-6,9H2,2-3H3. The van der Waals surface area contributed by atoms with Gasteiger partial charge in [-0.25, -0.2) is 4.39 Å². The summed E-state index contributed by atoms with van der Waals surface area (Å²) in [6.07, 6.45) is 8.35. The van der Waals surface area contributed by atoms with Gasteiger partial charge in [0.05, 0.1) is 5.92 Å². The summed E-state index contributed by atoms with van der Waals surface area (Å²) >= 11 is 5.17. The molecule has 5 heteroatoms. The van der Waals surface area contributed by atoms with Crippen molar-refractivity contribution in [3.05, 3.63) is 23.3 Å². The van der Waals surface area contributed by atoms with Crippen LogP contribution in [0.15, 0.2) is 23.3 Å². The van der Waals surface area contributed by atoms with Crippen molar-refractivity contribution in [3.8, 4) is 12.3 Å². The number of halogens is 3. The van der Waals surface area contributed by atoms with Gasteiger partial charge in [0.25, 0.3) is 0 Å². The molecule has 0 aromatic heterocycles. The second-order valence-corrected chi connectivity index (χ2v) is 5.64. The average Bonchev–Trinajstić information content (AvgIpc) is 2.87. The van der Waals surface area contributed by atoms with Crippen LogP contribution in [0.3, 0.4) is 0 Å². The molecular weight excluding hydrogens is 286 g/mol. The first-order valence-corrected chi connectivity index (χ1v) is 6.66. The third kappa shape index (κ3) is 4.35. The van der Waals surface area contributed by atoms with Crippen LogP contribution in [-0.2, 0) is 9.53 Å². The second kappa shape index (κ2) is 6.90. The zero-order valence-electron chi connectivity index (χ0n) is 11.5. The predicted octanol–water partition coefficient (Wildman–Crippen LogP) is 4.12. The van der Waals surface area contributed by atoms with Crippen molar-refractivity contribution >= 4 is 17.6 Å². The number of carbonyl (C=O) groups is 1. The van der Waals surface area contributed by atoms with Crippen LogP contribution in [0.1, 0.15) is 26.7 Å². The van der Waals surface area contributed by atoms with E-state index in [9.17, 15) is 13.6 Å². The fourth-order valence-corrected chi connectivity index (χ4v) is 2.31. The first kappa shape index (κ1) is 16.7. The maximum absolute atomic E-state index is 13.3. The third-order valence-corrected chi connectivity index (χ3v) is 3.60. The van der Waals surface area contributed by atoms with E-state index in [1.807, 2.05) is 0 Å². The van der Waals surface area contributed by atoms with E-state index in [0.29, 0.717) is 12.8 Å². The van der Waals surface area contributed by atoms with Crippen LogP contribution in [0.25, 0.3) is 0 Å². The minimum atomic E-state index is -0.848. The fraction of sp³-hybridized carbons (Fsp3) is 0.533. The topological polar surface area (TPSA) is 26.3 Å². The molecule has 0 bridgehead atoms. The molecule has 1 aliphatic carbocycles. The molecule has 0 saturated heterocycles. The highest BCUT2D eigenvalue weighted by molar-refractivity contribution is 6.28. The highest BCUT2D eigenvalue weighted by atomic mass is 35.5. The summed E-state index contributed by atoms with van der Waals surface area (Å²) in [5.41, 5.74) is -0.424. The molecule has 1 aliphatic rings. The van der Waals surface area contributed by atoms with Gasteiger partial charge in [-0.15, -0.1) is 12.3 Å². The Labute approximate surface area is 122 Å². The second-order valence-electron chi connectivity index (χ2n) is 5.28. The summed E-state index contributed by atoms with van der Waals surface area (Å²) < 4.78 is 30.8. The Morgan fingerprint density at radius 1 is 1.50 bits per heavy atom. The van der Waals surface area contributed by atoms with Crippen molar-refractivity contribution in [1.82, 2.24) is 0 Å². The van der Waals surface area contributed by atoms with Gasteiger partial charge in [0.15, 0.2) is 5.29 Å². The van der Waals surface area contributed by atoms with Crippen molar-refractivity contribution in [2.45, 2.75) is 26.7 Å². The number of ether oxygens (including phenoxy) is 1. The number of terminal acetylenes is 1. The molecular formula is C15H17ClF2O2. The molecule has 1 rings (SSSR count). The van der Waals surface area contributed by atoms with Crippen molar-refractivity contribution in [2.24, 2.45) is 17.3 Å². The van der Waals surface area contributed by atoms with Crippen molar-refractivity contribution in [2.75, 3.05) is 6.61 Å². The van der Waals surface area contributed by atoms with Gasteiger partial charge in [0.2, 0.25) is 0 Å². The van der Waals surface area contributed by atoms with Crippen molar-refractivity contribution in [3.63, 3.8) is 0 Å². The van der Waals surface area contributed by atoms with Gasteiger partial charge in [-0.3, -0.25) is 4.79 Å². The van der Waals surface area contributed by atoms with E-state index in [1.54, 1.807) is 13.8 Å². The molecule has 0 aliphatic heterocycles. The number of carbonyl (C=O) groups excluding carboxylic acids is 1. The summed E-state index contributed by atoms with van der Waals surface area (Å²) in [6, 6.07) is 0. The Bertz CT molecular complexity index is 471. The molecule has 1 fully saturated rings. The maximum atomic E-state index is 13.3. The predicted molar refractivity (Wildman–Crippen MR) is 74.0 cm³/mol. The zero-order valence-corrected chi connectivity index (χ0v) is 12.2. The highest BCUT2D eigenvalue weighted by Crippen LogP contribution is 2.60. The summed E-state index contributed by atoms with van der Waals surface area (Å²) in [4.78, 5) is 11.8. The molecule has 20 heavy (non-hydrogen) atoms. The van der Waals surface area contributed by atoms with Gasteiger partial charge in [-0.1, -0.05) is 25.4 Å². The largest absolute Gasteiger partial charge is 0.458 e. The highest BCUT2D eigenvalue weighted by Gasteiger charge is 2.61. The molecule has 2 nitrogen and oxygen atoms in total. The van der Waals surface area contributed by atoms with Crippen molar-refractivity contribution < 1.29 is 18.3 Å². The average molecular weight is 303 g/mol. The Balaban J connectivity index is 2.47. The fourth-order valence-electron chi connectivity index (χ4n) is 2.18. The summed E-state index contributed by atoms with van der Waals surface area (Å²) in [7, 11) is 0. The van der Waals surface area contributed by atoms with Gasteiger partial charge in [0, 0.05) is 12.3 Å². The van der Waals surface area contributed by atoms with E-state index >= 15 is 0 Å². The lowest BCUT2D eigenvalue weighted by Gasteiger charge is -2.04. The van der Waals surface area contributed by atoms with Crippen LogP contribution in [-0.4, -0.2) is 12.6 Å².